The van der Waals surface area contributed by atoms with Crippen LogP contribution in [0.5, 0.6) is 0 Å². The maximum absolute atomic E-state index is 13.1. The van der Waals surface area contributed by atoms with Gasteiger partial charge in [-0.3, -0.25) is 19.8 Å². The minimum atomic E-state index is -0.616. The smallest absolute Gasteiger partial charge is 0.257 e. The zero-order valence-corrected chi connectivity index (χ0v) is 26.4. The number of nitrogens with one attached hydrogen (secondary N) is 1. The highest BCUT2D eigenvalue weighted by atomic mass is 32.1. The Balaban J connectivity index is 1.25. The Morgan fingerprint density at radius 2 is 1.95 bits per heavy atom. The number of piperazine rings is 1. The molecule has 9 heteroatoms. The van der Waals surface area contributed by atoms with E-state index in [-0.39, 0.29) is 47.4 Å². The van der Waals surface area contributed by atoms with Crippen LogP contribution in [0.4, 0.5) is 5.13 Å². The molecule has 0 radical (unpaired) electrons. The number of nitrogens with zero attached hydrogens (tertiary/aromatic N) is 4. The van der Waals surface area contributed by atoms with E-state index in [1.807, 2.05) is 31.2 Å². The molecule has 6 atom stereocenters. The van der Waals surface area contributed by atoms with E-state index >= 15 is 0 Å². The van der Waals surface area contributed by atoms with Crippen LogP contribution in [-0.2, 0) is 17.8 Å². The second-order valence-corrected chi connectivity index (χ2v) is 14.2. The van der Waals surface area contributed by atoms with Gasteiger partial charge in [-0.15, -0.1) is 17.8 Å². The predicted molar refractivity (Wildman–Crippen MR) is 167 cm³/mol. The third-order valence-corrected chi connectivity index (χ3v) is 11.1. The van der Waals surface area contributed by atoms with Crippen molar-refractivity contribution in [3.63, 3.8) is 0 Å². The van der Waals surface area contributed by atoms with Crippen LogP contribution >= 0.6 is 11.3 Å². The number of amides is 2. The van der Waals surface area contributed by atoms with Crippen molar-refractivity contribution in [1.82, 2.24) is 19.7 Å². The molecule has 1 aromatic carbocycles. The molecule has 2 amide bonds. The van der Waals surface area contributed by atoms with Gasteiger partial charge in [0.25, 0.3) is 5.91 Å². The first-order valence-corrected chi connectivity index (χ1v) is 16.0. The largest absolute Gasteiger partial charge is 0.392 e. The fourth-order valence-electron chi connectivity index (χ4n) is 7.54. The second-order valence-electron chi connectivity index (χ2n) is 13.1. The van der Waals surface area contributed by atoms with Crippen LogP contribution < -0.4 is 5.32 Å². The molecule has 2 N–H and O–H groups in total. The molecule has 2 heterocycles. The Bertz CT molecular complexity index is 1330. The van der Waals surface area contributed by atoms with Crippen molar-refractivity contribution >= 4 is 28.3 Å². The van der Waals surface area contributed by atoms with Crippen LogP contribution in [0.25, 0.3) is 0 Å². The minimum absolute atomic E-state index is 0.0121. The van der Waals surface area contributed by atoms with Gasteiger partial charge in [-0.1, -0.05) is 38.8 Å². The number of benzene rings is 1. The molecule has 2 fully saturated rings. The fraction of sp³-hybridized carbons (Fsp3) is 0.606. The number of likely N-dealkylation sites (N-methyl/N-ethyl adjacent to an activating group) is 1. The Hall–Kier alpha value is -2.77. The average molecular weight is 592 g/mol. The Kier molecular flexibility index (Phi) is 9.10. The highest BCUT2D eigenvalue weighted by Crippen LogP contribution is 2.57. The first-order valence-electron chi connectivity index (χ1n) is 15.2. The number of carbonyl (C=O) groups excluding carboxylic acids is 2. The summed E-state index contributed by atoms with van der Waals surface area (Å²) in [6.07, 6.45) is 7.34. The number of aliphatic hydroxyl groups is 1. The first kappa shape index (κ1) is 30.7. The predicted octanol–water partition coefficient (Wildman–Crippen LogP) is 3.92. The second kappa shape index (κ2) is 12.5. The van der Waals surface area contributed by atoms with Crippen molar-refractivity contribution < 1.29 is 14.7 Å². The number of terminal acetylenes is 1. The number of rotatable bonds is 7. The average Bonchev–Trinajstić information content (AvgIpc) is 3.35. The van der Waals surface area contributed by atoms with E-state index < -0.39 is 6.10 Å². The van der Waals surface area contributed by atoms with E-state index in [0.29, 0.717) is 10.7 Å². The van der Waals surface area contributed by atoms with E-state index in [1.54, 1.807) is 23.3 Å². The van der Waals surface area contributed by atoms with Gasteiger partial charge >= 0.3 is 0 Å². The normalized spacial score (nSPS) is 28.7. The molecule has 42 heavy (non-hydrogen) atoms. The molecular weight excluding hydrogens is 546 g/mol. The molecule has 226 valence electrons. The van der Waals surface area contributed by atoms with Crippen LogP contribution in [0.2, 0.25) is 0 Å². The lowest BCUT2D eigenvalue weighted by Crippen LogP contribution is -2.53. The molecule has 2 aromatic rings. The molecule has 1 aliphatic heterocycles. The summed E-state index contributed by atoms with van der Waals surface area (Å²) in [5.74, 6) is 1.91. The monoisotopic (exact) mass is 591 g/mol. The molecule has 3 aliphatic rings. The lowest BCUT2D eigenvalue weighted by molar-refractivity contribution is -0.142. The number of thiazole rings is 1. The van der Waals surface area contributed by atoms with E-state index in [1.165, 1.54) is 10.4 Å². The zero-order valence-electron chi connectivity index (χ0n) is 25.6. The molecule has 1 aromatic heterocycles. The van der Waals surface area contributed by atoms with Crippen LogP contribution in [-0.4, -0.2) is 89.5 Å². The summed E-state index contributed by atoms with van der Waals surface area (Å²) in [5.41, 5.74) is 2.69. The molecule has 1 saturated carbocycles. The fourth-order valence-corrected chi connectivity index (χ4v) is 8.80. The number of hydrogen-bond acceptors (Lipinski definition) is 7. The summed E-state index contributed by atoms with van der Waals surface area (Å²) < 4.78 is 0. The summed E-state index contributed by atoms with van der Waals surface area (Å²) in [6, 6.07) is 7.88. The number of aromatic nitrogens is 1. The molecule has 1 saturated heterocycles. The number of hydrogen-bond donors (Lipinski definition) is 2. The summed E-state index contributed by atoms with van der Waals surface area (Å²) in [7, 11) is 3.88. The molecule has 1 unspecified atom stereocenters. The van der Waals surface area contributed by atoms with Gasteiger partial charge < -0.3 is 14.9 Å². The summed E-state index contributed by atoms with van der Waals surface area (Å²) in [6.45, 7) is 11.8. The van der Waals surface area contributed by atoms with Crippen LogP contribution in [0.15, 0.2) is 24.3 Å². The van der Waals surface area contributed by atoms with Gasteiger partial charge in [-0.05, 0) is 61.3 Å². The van der Waals surface area contributed by atoms with E-state index in [9.17, 15) is 14.7 Å². The van der Waals surface area contributed by atoms with Gasteiger partial charge in [0.1, 0.15) is 0 Å². The Labute approximate surface area is 254 Å². The van der Waals surface area contributed by atoms with Gasteiger partial charge in [0.2, 0.25) is 5.91 Å². The highest BCUT2D eigenvalue weighted by molar-refractivity contribution is 7.15. The molecular formula is C33H45N5O3S. The maximum Gasteiger partial charge on any atom is 0.257 e. The summed E-state index contributed by atoms with van der Waals surface area (Å²) >= 11 is 1.55. The highest BCUT2D eigenvalue weighted by Gasteiger charge is 2.54. The lowest BCUT2D eigenvalue weighted by Gasteiger charge is -2.53. The number of aliphatic hydroxyl groups excluding tert-OH is 1. The van der Waals surface area contributed by atoms with Crippen molar-refractivity contribution in [2.75, 3.05) is 52.1 Å². The third kappa shape index (κ3) is 6.14. The Morgan fingerprint density at radius 1 is 1.26 bits per heavy atom. The number of carbonyl (C=O) groups is 2. The summed E-state index contributed by atoms with van der Waals surface area (Å²) in [4.78, 5) is 38.6. The van der Waals surface area contributed by atoms with Crippen LogP contribution in [0.1, 0.15) is 66.0 Å². The number of anilines is 1. The van der Waals surface area contributed by atoms with E-state index in [0.717, 1.165) is 57.7 Å². The molecule has 0 bridgehead atoms. The van der Waals surface area contributed by atoms with Crippen molar-refractivity contribution in [2.45, 2.75) is 58.6 Å². The Morgan fingerprint density at radius 3 is 2.62 bits per heavy atom. The van der Waals surface area contributed by atoms with Crippen LogP contribution in [0.3, 0.4) is 0 Å². The van der Waals surface area contributed by atoms with Crippen molar-refractivity contribution in [2.24, 2.45) is 23.2 Å². The van der Waals surface area contributed by atoms with Gasteiger partial charge in [0, 0.05) is 62.0 Å². The van der Waals surface area contributed by atoms with Crippen molar-refractivity contribution in [3.8, 4) is 12.3 Å². The standard InChI is InChI=1S/C33H45N5O3S/c1-7-14-37(6)31(41)21(2)25-12-13-33(4)19-26-28(22(3)27(33)29(25)39)34-32(42-26)35-30(40)24-10-8-23(9-11-24)20-38-17-15-36(5)16-18-38/h1,8-11,21-22,25,27,29,39H,12-20H2,2-6H3,(H,34,35,40)/t21-,22-,25?,27+,29-,33-/m0/s1. The van der Waals surface area contributed by atoms with Gasteiger partial charge in [0.15, 0.2) is 5.13 Å². The molecule has 8 nitrogen and oxygen atoms in total. The van der Waals surface area contributed by atoms with Crippen molar-refractivity contribution in [3.05, 3.63) is 46.0 Å². The number of fused-ring (bicyclic) bond motifs is 2. The quantitative estimate of drug-likeness (QED) is 0.475. The summed E-state index contributed by atoms with van der Waals surface area (Å²) in [5, 5.41) is 15.3. The van der Waals surface area contributed by atoms with Gasteiger partial charge in [0.05, 0.1) is 18.3 Å². The molecule has 2 aliphatic carbocycles. The lowest BCUT2D eigenvalue weighted by atomic mass is 9.53. The van der Waals surface area contributed by atoms with E-state index in [4.69, 9.17) is 11.4 Å². The molecule has 5 rings (SSSR count). The molecule has 0 spiro atoms. The van der Waals surface area contributed by atoms with Gasteiger partial charge in [-0.2, -0.15) is 0 Å². The third-order valence-electron chi connectivity index (χ3n) is 10.1. The van der Waals surface area contributed by atoms with Crippen molar-refractivity contribution in [1.29, 1.82) is 0 Å². The van der Waals surface area contributed by atoms with E-state index in [2.05, 4.69) is 41.9 Å². The maximum atomic E-state index is 13.1. The SMILES string of the molecule is C#CCN(C)C(=O)[C@@H](C)C1CC[C@@]2(C)Cc3sc(NC(=O)c4ccc(CN5CCN(C)CC5)cc4)nc3[C@@H](C)[C@@H]2[C@H]1O. The minimum Gasteiger partial charge on any atom is -0.392 e. The van der Waals surface area contributed by atoms with Crippen LogP contribution in [0, 0.1) is 35.5 Å². The first-order chi connectivity index (χ1) is 20.0. The topological polar surface area (TPSA) is 89.0 Å². The zero-order chi connectivity index (χ0) is 30.2. The van der Waals surface area contributed by atoms with Gasteiger partial charge in [-0.25, -0.2) is 4.98 Å².